The van der Waals surface area contributed by atoms with E-state index in [4.69, 9.17) is 10.5 Å². The molecule has 108 valence electrons. The van der Waals surface area contributed by atoms with E-state index in [0.717, 1.165) is 18.0 Å². The van der Waals surface area contributed by atoms with Gasteiger partial charge in [-0.3, -0.25) is 4.79 Å². The lowest BCUT2D eigenvalue weighted by molar-refractivity contribution is 0.102. The first-order chi connectivity index (χ1) is 8.82. The van der Waals surface area contributed by atoms with Crippen LogP contribution in [0, 0.1) is 5.92 Å². The zero-order chi connectivity index (χ0) is 14.6. The van der Waals surface area contributed by atoms with E-state index < -0.39 is 0 Å². The van der Waals surface area contributed by atoms with E-state index in [2.05, 4.69) is 19.2 Å². The third-order valence-corrected chi connectivity index (χ3v) is 3.83. The summed E-state index contributed by atoms with van der Waals surface area (Å²) in [5, 5.41) is 4.19. The number of ketones is 1. The van der Waals surface area contributed by atoms with Crippen molar-refractivity contribution in [3.63, 3.8) is 0 Å². The Kier molecular flexibility index (Phi) is 5.66. The standard InChI is InChI=1S/C14H24N2O2S/c1-8(2)6-7-16-14-12(18-9(3)4)11(15)13(19-14)10(5)17/h8-9,16H,6-7,15H2,1-5H3. The van der Waals surface area contributed by atoms with Crippen molar-refractivity contribution >= 4 is 27.8 Å². The van der Waals surface area contributed by atoms with Crippen molar-refractivity contribution in [3.8, 4) is 5.75 Å². The minimum atomic E-state index is -0.0204. The predicted molar refractivity (Wildman–Crippen MR) is 82.4 cm³/mol. The Labute approximate surface area is 119 Å². The number of nitrogens with one attached hydrogen (secondary N) is 1. The van der Waals surface area contributed by atoms with Gasteiger partial charge in [0.25, 0.3) is 0 Å². The van der Waals surface area contributed by atoms with Gasteiger partial charge in [-0.25, -0.2) is 0 Å². The number of anilines is 2. The highest BCUT2D eigenvalue weighted by Crippen LogP contribution is 2.43. The molecule has 4 nitrogen and oxygen atoms in total. The molecule has 1 rings (SSSR count). The fourth-order valence-electron chi connectivity index (χ4n) is 1.63. The molecule has 0 aromatic carbocycles. The SMILES string of the molecule is CC(=O)c1sc(NCCC(C)C)c(OC(C)C)c1N. The van der Waals surface area contributed by atoms with Crippen LogP contribution in [0.4, 0.5) is 10.7 Å². The summed E-state index contributed by atoms with van der Waals surface area (Å²) in [5.41, 5.74) is 6.47. The smallest absolute Gasteiger partial charge is 0.177 e. The molecule has 19 heavy (non-hydrogen) atoms. The summed E-state index contributed by atoms with van der Waals surface area (Å²) in [6.07, 6.45) is 1.09. The van der Waals surface area contributed by atoms with Gasteiger partial charge in [-0.05, 0) is 26.2 Å². The fourth-order valence-corrected chi connectivity index (χ4v) is 2.61. The van der Waals surface area contributed by atoms with Crippen LogP contribution in [0.3, 0.4) is 0 Å². The monoisotopic (exact) mass is 284 g/mol. The molecule has 3 N–H and O–H groups in total. The first-order valence-corrected chi connectivity index (χ1v) is 7.48. The number of thiophene rings is 1. The maximum atomic E-state index is 11.5. The number of carbonyl (C=O) groups is 1. The van der Waals surface area contributed by atoms with Gasteiger partial charge in [0, 0.05) is 13.5 Å². The van der Waals surface area contributed by atoms with E-state index in [9.17, 15) is 4.79 Å². The molecule has 1 aromatic rings. The third kappa shape index (κ3) is 4.42. The Morgan fingerprint density at radius 3 is 2.47 bits per heavy atom. The van der Waals surface area contributed by atoms with Crippen LogP contribution in [0.1, 0.15) is 50.7 Å². The lowest BCUT2D eigenvalue weighted by atomic mass is 10.1. The van der Waals surface area contributed by atoms with Gasteiger partial charge in [-0.2, -0.15) is 0 Å². The zero-order valence-electron chi connectivity index (χ0n) is 12.4. The number of hydrogen-bond donors (Lipinski definition) is 2. The maximum Gasteiger partial charge on any atom is 0.177 e. The summed E-state index contributed by atoms with van der Waals surface area (Å²) in [6, 6.07) is 0. The summed E-state index contributed by atoms with van der Waals surface area (Å²) in [5.74, 6) is 1.23. The van der Waals surface area contributed by atoms with E-state index in [0.29, 0.717) is 22.2 Å². The number of carbonyl (C=O) groups excluding carboxylic acids is 1. The minimum Gasteiger partial charge on any atom is -0.486 e. The maximum absolute atomic E-state index is 11.5. The van der Waals surface area contributed by atoms with E-state index in [1.165, 1.54) is 18.3 Å². The van der Waals surface area contributed by atoms with E-state index >= 15 is 0 Å². The Hall–Kier alpha value is -1.23. The predicted octanol–water partition coefficient (Wildman–Crippen LogP) is 3.78. The van der Waals surface area contributed by atoms with Crippen molar-refractivity contribution in [2.24, 2.45) is 5.92 Å². The molecule has 5 heteroatoms. The Bertz CT molecular complexity index is 439. The van der Waals surface area contributed by atoms with E-state index in [1.807, 2.05) is 13.8 Å². The van der Waals surface area contributed by atoms with Gasteiger partial charge in [0.1, 0.15) is 5.00 Å². The molecule has 1 aromatic heterocycles. The van der Waals surface area contributed by atoms with Crippen LogP contribution in [0.25, 0.3) is 0 Å². The summed E-state index contributed by atoms with van der Waals surface area (Å²) >= 11 is 1.38. The molecule has 0 aliphatic rings. The number of hydrogen-bond acceptors (Lipinski definition) is 5. The molecule has 0 atom stereocenters. The highest BCUT2D eigenvalue weighted by molar-refractivity contribution is 7.19. The summed E-state index contributed by atoms with van der Waals surface area (Å²) in [7, 11) is 0. The van der Waals surface area contributed by atoms with Crippen molar-refractivity contribution in [1.82, 2.24) is 0 Å². The lowest BCUT2D eigenvalue weighted by Crippen LogP contribution is -2.10. The molecule has 0 aliphatic heterocycles. The molecular formula is C14H24N2O2S. The molecule has 0 amide bonds. The molecule has 1 heterocycles. The second-order valence-electron chi connectivity index (χ2n) is 5.34. The fraction of sp³-hybridized carbons (Fsp3) is 0.643. The molecule has 0 saturated heterocycles. The zero-order valence-corrected chi connectivity index (χ0v) is 13.2. The van der Waals surface area contributed by atoms with Gasteiger partial charge < -0.3 is 15.8 Å². The highest BCUT2D eigenvalue weighted by Gasteiger charge is 2.20. The van der Waals surface area contributed by atoms with Gasteiger partial charge in [0.15, 0.2) is 11.5 Å². The molecule has 0 aliphatic carbocycles. The highest BCUT2D eigenvalue weighted by atomic mass is 32.1. The number of ether oxygens (including phenoxy) is 1. The van der Waals surface area contributed by atoms with Crippen LogP contribution < -0.4 is 15.8 Å². The quantitative estimate of drug-likeness (QED) is 0.748. The molecule has 0 bridgehead atoms. The normalized spacial score (nSPS) is 11.1. The van der Waals surface area contributed by atoms with Crippen molar-refractivity contribution in [3.05, 3.63) is 4.88 Å². The van der Waals surface area contributed by atoms with Crippen LogP contribution in [0.2, 0.25) is 0 Å². The van der Waals surface area contributed by atoms with Gasteiger partial charge in [-0.1, -0.05) is 13.8 Å². The van der Waals surface area contributed by atoms with Gasteiger partial charge in [-0.15, -0.1) is 11.3 Å². The van der Waals surface area contributed by atoms with E-state index in [1.54, 1.807) is 0 Å². The van der Waals surface area contributed by atoms with Crippen molar-refractivity contribution in [2.45, 2.75) is 47.1 Å². The van der Waals surface area contributed by atoms with Crippen molar-refractivity contribution in [1.29, 1.82) is 0 Å². The Balaban J connectivity index is 2.93. The van der Waals surface area contributed by atoms with Gasteiger partial charge in [0.05, 0.1) is 16.7 Å². The van der Waals surface area contributed by atoms with Crippen LogP contribution in [-0.4, -0.2) is 18.4 Å². The van der Waals surface area contributed by atoms with Crippen LogP contribution >= 0.6 is 11.3 Å². The number of rotatable bonds is 7. The second-order valence-corrected chi connectivity index (χ2v) is 6.36. The third-order valence-electron chi connectivity index (χ3n) is 2.58. The minimum absolute atomic E-state index is 0.0204. The molecule has 0 spiro atoms. The molecule has 0 saturated carbocycles. The first-order valence-electron chi connectivity index (χ1n) is 6.66. The summed E-state index contributed by atoms with van der Waals surface area (Å²) in [6.45, 7) is 10.6. The van der Waals surface area contributed by atoms with Gasteiger partial charge >= 0.3 is 0 Å². The molecular weight excluding hydrogens is 260 g/mol. The Morgan fingerprint density at radius 2 is 2.00 bits per heavy atom. The summed E-state index contributed by atoms with van der Waals surface area (Å²) < 4.78 is 5.74. The Morgan fingerprint density at radius 1 is 1.37 bits per heavy atom. The van der Waals surface area contributed by atoms with Crippen molar-refractivity contribution < 1.29 is 9.53 Å². The van der Waals surface area contributed by atoms with Crippen LogP contribution in [-0.2, 0) is 0 Å². The second kappa shape index (κ2) is 6.80. The lowest BCUT2D eigenvalue weighted by Gasteiger charge is -2.13. The summed E-state index contributed by atoms with van der Waals surface area (Å²) in [4.78, 5) is 12.1. The molecule has 0 radical (unpaired) electrons. The van der Waals surface area contributed by atoms with Gasteiger partial charge in [0.2, 0.25) is 0 Å². The molecule has 0 unspecified atom stereocenters. The molecule has 0 fully saturated rings. The number of Topliss-reactive ketones (excluding diaryl/α,β-unsaturated/α-hetero) is 1. The first kappa shape index (κ1) is 15.8. The number of nitrogens with two attached hydrogens (primary N) is 1. The van der Waals surface area contributed by atoms with Crippen molar-refractivity contribution in [2.75, 3.05) is 17.6 Å². The van der Waals surface area contributed by atoms with Crippen LogP contribution in [0.15, 0.2) is 0 Å². The van der Waals surface area contributed by atoms with E-state index in [-0.39, 0.29) is 11.9 Å². The average molecular weight is 284 g/mol. The average Bonchev–Trinajstić information content (AvgIpc) is 2.56. The topological polar surface area (TPSA) is 64.3 Å². The largest absolute Gasteiger partial charge is 0.486 e. The van der Waals surface area contributed by atoms with Crippen LogP contribution in [0.5, 0.6) is 5.75 Å². The number of nitrogen functional groups attached to an aromatic ring is 1.